The molecular formula is C18H28N2O3. The van der Waals surface area contributed by atoms with E-state index in [1.165, 1.54) is 0 Å². The summed E-state index contributed by atoms with van der Waals surface area (Å²) in [5.41, 5.74) is -0.690. The van der Waals surface area contributed by atoms with Gasteiger partial charge in [-0.25, -0.2) is 0 Å². The van der Waals surface area contributed by atoms with Crippen LogP contribution in [0.1, 0.15) is 43.5 Å². The summed E-state index contributed by atoms with van der Waals surface area (Å²) in [4.78, 5) is 14.2. The van der Waals surface area contributed by atoms with Crippen LogP contribution in [0.25, 0.3) is 0 Å². The topological polar surface area (TPSA) is 72.8 Å². The van der Waals surface area contributed by atoms with Crippen molar-refractivity contribution in [1.29, 1.82) is 0 Å². The molecule has 1 fully saturated rings. The summed E-state index contributed by atoms with van der Waals surface area (Å²) in [5.74, 6) is -0.0986. The third-order valence-electron chi connectivity index (χ3n) is 4.75. The predicted octanol–water partition coefficient (Wildman–Crippen LogP) is 1.40. The molecule has 0 spiro atoms. The van der Waals surface area contributed by atoms with Gasteiger partial charge in [-0.1, -0.05) is 32.0 Å². The highest BCUT2D eigenvalue weighted by molar-refractivity contribution is 5.94. The highest BCUT2D eigenvalue weighted by atomic mass is 16.3. The van der Waals surface area contributed by atoms with Crippen molar-refractivity contribution in [2.45, 2.75) is 50.9 Å². The second kappa shape index (κ2) is 7.90. The van der Waals surface area contributed by atoms with Gasteiger partial charge in [0.25, 0.3) is 5.91 Å². The molecule has 5 nitrogen and oxygen atoms in total. The predicted molar refractivity (Wildman–Crippen MR) is 90.3 cm³/mol. The van der Waals surface area contributed by atoms with Crippen LogP contribution in [0.2, 0.25) is 0 Å². The molecule has 1 saturated heterocycles. The summed E-state index contributed by atoms with van der Waals surface area (Å²) >= 11 is 0. The molecule has 1 aliphatic rings. The minimum absolute atomic E-state index is 0.0986. The number of hydrogen-bond donors (Lipinski definition) is 3. The molecule has 1 amide bonds. The van der Waals surface area contributed by atoms with Crippen molar-refractivity contribution in [2.75, 3.05) is 19.6 Å². The Bertz CT molecular complexity index is 504. The van der Waals surface area contributed by atoms with Gasteiger partial charge in [0, 0.05) is 24.7 Å². The molecule has 2 atom stereocenters. The summed E-state index contributed by atoms with van der Waals surface area (Å²) in [6.45, 7) is 5.08. The van der Waals surface area contributed by atoms with Gasteiger partial charge in [-0.3, -0.25) is 4.79 Å². The first kappa shape index (κ1) is 17.9. The third kappa shape index (κ3) is 4.31. The van der Waals surface area contributed by atoms with Crippen LogP contribution in [0.5, 0.6) is 0 Å². The highest BCUT2D eigenvalue weighted by Crippen LogP contribution is 2.23. The van der Waals surface area contributed by atoms with Gasteiger partial charge in [0.05, 0.1) is 12.6 Å². The molecule has 1 heterocycles. The van der Waals surface area contributed by atoms with Gasteiger partial charge in [-0.05, 0) is 31.4 Å². The van der Waals surface area contributed by atoms with Crippen molar-refractivity contribution < 1.29 is 15.0 Å². The Labute approximate surface area is 138 Å². The number of benzene rings is 1. The second-order valence-corrected chi connectivity index (χ2v) is 6.40. The number of amides is 1. The first-order chi connectivity index (χ1) is 11.0. The number of aliphatic hydroxyl groups excluding tert-OH is 1. The Kier molecular flexibility index (Phi) is 6.16. The molecule has 0 aromatic heterocycles. The quantitative estimate of drug-likeness (QED) is 0.741. The van der Waals surface area contributed by atoms with E-state index >= 15 is 0 Å². The third-order valence-corrected chi connectivity index (χ3v) is 4.75. The zero-order chi connectivity index (χ0) is 16.9. The van der Waals surface area contributed by atoms with Crippen LogP contribution in [-0.4, -0.2) is 58.4 Å². The molecule has 1 aromatic rings. The van der Waals surface area contributed by atoms with Crippen molar-refractivity contribution in [3.63, 3.8) is 0 Å². The normalized spacial score (nSPS) is 24.9. The maximum absolute atomic E-state index is 12.6. The molecule has 128 valence electrons. The van der Waals surface area contributed by atoms with E-state index in [2.05, 4.69) is 19.2 Å². The van der Waals surface area contributed by atoms with E-state index in [4.69, 9.17) is 0 Å². The van der Waals surface area contributed by atoms with Crippen LogP contribution in [0.3, 0.4) is 0 Å². The molecule has 23 heavy (non-hydrogen) atoms. The molecule has 0 aliphatic carbocycles. The monoisotopic (exact) mass is 320 g/mol. The molecular weight excluding hydrogens is 292 g/mol. The minimum atomic E-state index is -1.30. The number of likely N-dealkylation sites (tertiary alicyclic amines) is 1. The van der Waals surface area contributed by atoms with E-state index in [0.29, 0.717) is 31.1 Å². The molecule has 0 saturated carbocycles. The largest absolute Gasteiger partial charge is 0.390 e. The van der Waals surface area contributed by atoms with E-state index in [-0.39, 0.29) is 12.5 Å². The van der Waals surface area contributed by atoms with Crippen LogP contribution in [-0.2, 0) is 0 Å². The molecule has 1 aromatic carbocycles. The van der Waals surface area contributed by atoms with Crippen molar-refractivity contribution in [3.8, 4) is 0 Å². The Balaban J connectivity index is 2.04. The summed E-state index contributed by atoms with van der Waals surface area (Å²) in [6, 6.07) is 9.38. The molecule has 0 bridgehead atoms. The lowest BCUT2D eigenvalue weighted by Gasteiger charge is -2.43. The number of nitrogens with zero attached hydrogens (tertiary/aromatic N) is 1. The fourth-order valence-electron chi connectivity index (χ4n) is 3.07. The Morgan fingerprint density at radius 3 is 2.61 bits per heavy atom. The van der Waals surface area contributed by atoms with Gasteiger partial charge in [-0.2, -0.15) is 0 Å². The van der Waals surface area contributed by atoms with Crippen molar-refractivity contribution in [2.24, 2.45) is 0 Å². The first-order valence-electron chi connectivity index (χ1n) is 8.48. The standard InChI is InChI=1S/C18H28N2O3/c1-3-15(4-2)19-12-18(23)13-20(11-10-16(18)21)17(22)14-8-6-5-7-9-14/h5-9,15-16,19,21,23H,3-4,10-13H2,1-2H3/t16-,18+/m0/s1. The smallest absolute Gasteiger partial charge is 0.253 e. The van der Waals surface area contributed by atoms with Crippen molar-refractivity contribution in [3.05, 3.63) is 35.9 Å². The molecule has 3 N–H and O–H groups in total. The van der Waals surface area contributed by atoms with Gasteiger partial charge in [0.15, 0.2) is 0 Å². The lowest BCUT2D eigenvalue weighted by atomic mass is 9.88. The summed E-state index contributed by atoms with van der Waals surface area (Å²) in [7, 11) is 0. The van der Waals surface area contributed by atoms with Crippen LogP contribution in [0.4, 0.5) is 0 Å². The SMILES string of the molecule is CCC(CC)NC[C@@]1(O)CN(C(=O)c2ccccc2)CC[C@@H]1O. The molecule has 0 radical (unpaired) electrons. The zero-order valence-corrected chi connectivity index (χ0v) is 14.0. The molecule has 1 aliphatic heterocycles. The molecule has 2 rings (SSSR count). The number of hydrogen-bond acceptors (Lipinski definition) is 4. The summed E-state index contributed by atoms with van der Waals surface area (Å²) < 4.78 is 0. The number of piperidine rings is 1. The molecule has 0 unspecified atom stereocenters. The van der Waals surface area contributed by atoms with Gasteiger partial charge < -0.3 is 20.4 Å². The summed E-state index contributed by atoms with van der Waals surface area (Å²) in [6.07, 6.45) is 1.51. The van der Waals surface area contributed by atoms with Crippen molar-refractivity contribution >= 4 is 5.91 Å². The van der Waals surface area contributed by atoms with E-state index in [9.17, 15) is 15.0 Å². The Morgan fingerprint density at radius 2 is 2.00 bits per heavy atom. The highest BCUT2D eigenvalue weighted by Gasteiger charge is 2.42. The minimum Gasteiger partial charge on any atom is -0.390 e. The lowest BCUT2D eigenvalue weighted by Crippen LogP contribution is -2.63. The van der Waals surface area contributed by atoms with E-state index in [0.717, 1.165) is 12.8 Å². The van der Waals surface area contributed by atoms with Crippen LogP contribution in [0.15, 0.2) is 30.3 Å². The number of carbonyl (C=O) groups excluding carboxylic acids is 1. The summed E-state index contributed by atoms with van der Waals surface area (Å²) in [5, 5.41) is 24.4. The zero-order valence-electron chi connectivity index (χ0n) is 14.0. The number of nitrogens with one attached hydrogen (secondary N) is 1. The lowest BCUT2D eigenvalue weighted by molar-refractivity contribution is -0.112. The number of rotatable bonds is 6. The maximum Gasteiger partial charge on any atom is 0.253 e. The van der Waals surface area contributed by atoms with Gasteiger partial charge in [0.1, 0.15) is 5.60 Å². The fraction of sp³-hybridized carbons (Fsp3) is 0.611. The van der Waals surface area contributed by atoms with E-state index in [1.54, 1.807) is 17.0 Å². The van der Waals surface area contributed by atoms with Gasteiger partial charge >= 0.3 is 0 Å². The number of carbonyl (C=O) groups is 1. The van der Waals surface area contributed by atoms with Crippen LogP contribution < -0.4 is 5.32 Å². The van der Waals surface area contributed by atoms with Crippen LogP contribution >= 0.6 is 0 Å². The second-order valence-electron chi connectivity index (χ2n) is 6.40. The number of β-amino-alcohol motifs (C(OH)–C–C–N with tert-alkyl or cyclic N) is 1. The Morgan fingerprint density at radius 1 is 1.35 bits per heavy atom. The van der Waals surface area contributed by atoms with Crippen LogP contribution in [0, 0.1) is 0 Å². The van der Waals surface area contributed by atoms with E-state index < -0.39 is 11.7 Å². The maximum atomic E-state index is 12.6. The fourth-order valence-corrected chi connectivity index (χ4v) is 3.07. The first-order valence-corrected chi connectivity index (χ1v) is 8.48. The van der Waals surface area contributed by atoms with Gasteiger partial charge in [-0.15, -0.1) is 0 Å². The van der Waals surface area contributed by atoms with E-state index in [1.807, 2.05) is 18.2 Å². The molecule has 5 heteroatoms. The van der Waals surface area contributed by atoms with Gasteiger partial charge in [0.2, 0.25) is 0 Å². The number of aliphatic hydroxyl groups is 2. The Hall–Kier alpha value is -1.43. The average molecular weight is 320 g/mol. The van der Waals surface area contributed by atoms with Crippen molar-refractivity contribution in [1.82, 2.24) is 10.2 Å². The average Bonchev–Trinajstić information content (AvgIpc) is 2.58.